The summed E-state index contributed by atoms with van der Waals surface area (Å²) in [4.78, 5) is 21.1. The Morgan fingerprint density at radius 3 is 2.75 bits per heavy atom. The first-order valence-corrected chi connectivity index (χ1v) is 10.4. The van der Waals surface area contributed by atoms with Crippen LogP contribution in [0.2, 0.25) is 0 Å². The molecule has 7 nitrogen and oxygen atoms in total. The quantitative estimate of drug-likeness (QED) is 0.772. The molecule has 3 aliphatic rings. The molecule has 3 heterocycles. The third kappa shape index (κ3) is 5.21. The molecule has 1 atom stereocenters. The lowest BCUT2D eigenvalue weighted by molar-refractivity contribution is -0.149. The first kappa shape index (κ1) is 19.2. The topological polar surface area (TPSA) is 81.5 Å². The van der Waals surface area contributed by atoms with Crippen molar-refractivity contribution in [3.05, 3.63) is 23.9 Å². The van der Waals surface area contributed by atoms with Crippen LogP contribution in [0.3, 0.4) is 0 Å². The van der Waals surface area contributed by atoms with E-state index in [-0.39, 0.29) is 18.6 Å². The van der Waals surface area contributed by atoms with E-state index < -0.39 is 0 Å². The zero-order valence-electron chi connectivity index (χ0n) is 16.3. The van der Waals surface area contributed by atoms with Gasteiger partial charge in [-0.3, -0.25) is 4.79 Å². The Hall–Kier alpha value is -2.17. The number of pyridine rings is 1. The predicted octanol–water partition coefficient (Wildman–Crippen LogP) is 1.71. The van der Waals surface area contributed by atoms with Crippen molar-refractivity contribution in [1.82, 2.24) is 14.8 Å². The third-order valence-corrected chi connectivity index (χ3v) is 6.02. The summed E-state index contributed by atoms with van der Waals surface area (Å²) in [5.74, 6) is 2.31. The summed E-state index contributed by atoms with van der Waals surface area (Å²) in [5.41, 5.74) is 0.576. The Morgan fingerprint density at radius 1 is 1.21 bits per heavy atom. The molecule has 4 rings (SSSR count). The highest BCUT2D eigenvalue weighted by Gasteiger charge is 2.31. The van der Waals surface area contributed by atoms with Crippen LogP contribution in [-0.2, 0) is 9.53 Å². The molecule has 1 aliphatic carbocycles. The van der Waals surface area contributed by atoms with E-state index in [9.17, 15) is 4.79 Å². The van der Waals surface area contributed by atoms with Gasteiger partial charge in [-0.05, 0) is 62.7 Å². The molecule has 150 valence electrons. The normalized spacial score (nSPS) is 24.2. The Kier molecular flexibility index (Phi) is 6.08. The molecular weight excluding hydrogens is 354 g/mol. The average Bonchev–Trinajstić information content (AvgIpc) is 3.54. The molecule has 0 radical (unpaired) electrons. The van der Waals surface area contributed by atoms with E-state index in [2.05, 4.69) is 21.3 Å². The van der Waals surface area contributed by atoms with Crippen LogP contribution >= 0.6 is 0 Å². The number of carbonyl (C=O) groups excluding carboxylic acids is 1. The monoisotopic (exact) mass is 383 g/mol. The Balaban J connectivity index is 1.23. The van der Waals surface area contributed by atoms with Crippen molar-refractivity contribution in [3.63, 3.8) is 0 Å². The molecule has 1 unspecified atom stereocenters. The van der Waals surface area contributed by atoms with Gasteiger partial charge in [0.25, 0.3) is 0 Å². The number of morpholine rings is 1. The van der Waals surface area contributed by atoms with Gasteiger partial charge in [-0.15, -0.1) is 0 Å². The van der Waals surface area contributed by atoms with Gasteiger partial charge >= 0.3 is 0 Å². The number of nitrogens with zero attached hydrogens (tertiary/aromatic N) is 4. The van der Waals surface area contributed by atoms with Crippen LogP contribution < -0.4 is 5.32 Å². The Morgan fingerprint density at radius 2 is 2.00 bits per heavy atom. The van der Waals surface area contributed by atoms with Crippen molar-refractivity contribution in [3.8, 4) is 6.07 Å². The lowest BCUT2D eigenvalue weighted by Gasteiger charge is -2.38. The highest BCUT2D eigenvalue weighted by Crippen LogP contribution is 2.31. The molecule has 0 bridgehead atoms. The van der Waals surface area contributed by atoms with E-state index in [1.807, 2.05) is 4.90 Å². The van der Waals surface area contributed by atoms with E-state index in [4.69, 9.17) is 10.00 Å². The second-order valence-electron chi connectivity index (χ2n) is 8.34. The molecule has 3 fully saturated rings. The number of hydrogen-bond acceptors (Lipinski definition) is 6. The third-order valence-electron chi connectivity index (χ3n) is 6.02. The van der Waals surface area contributed by atoms with Crippen LogP contribution in [0.1, 0.15) is 31.2 Å². The van der Waals surface area contributed by atoms with Gasteiger partial charge < -0.3 is 19.9 Å². The van der Waals surface area contributed by atoms with Crippen molar-refractivity contribution in [2.75, 3.05) is 51.2 Å². The highest BCUT2D eigenvalue weighted by molar-refractivity contribution is 5.78. The molecule has 1 aromatic heterocycles. The molecule has 0 aromatic carbocycles. The second kappa shape index (κ2) is 8.89. The molecule has 1 aromatic rings. The maximum absolute atomic E-state index is 12.3. The predicted molar refractivity (Wildman–Crippen MR) is 106 cm³/mol. The fraction of sp³-hybridized carbons (Fsp3) is 0.667. The number of piperidine rings is 1. The van der Waals surface area contributed by atoms with Gasteiger partial charge in [0.15, 0.2) is 0 Å². The van der Waals surface area contributed by atoms with Crippen LogP contribution in [0.15, 0.2) is 18.3 Å². The number of nitrogens with one attached hydrogen (secondary N) is 1. The number of rotatable bonds is 7. The number of amides is 1. The average molecular weight is 383 g/mol. The largest absolute Gasteiger partial charge is 0.367 e. The summed E-state index contributed by atoms with van der Waals surface area (Å²) in [7, 11) is 0. The summed E-state index contributed by atoms with van der Waals surface area (Å²) >= 11 is 0. The van der Waals surface area contributed by atoms with Crippen LogP contribution in [0.25, 0.3) is 0 Å². The van der Waals surface area contributed by atoms with Gasteiger partial charge in [0.05, 0.1) is 17.7 Å². The van der Waals surface area contributed by atoms with Crippen molar-refractivity contribution in [2.24, 2.45) is 11.8 Å². The van der Waals surface area contributed by atoms with Crippen molar-refractivity contribution in [1.29, 1.82) is 5.26 Å². The zero-order chi connectivity index (χ0) is 19.3. The lowest BCUT2D eigenvalue weighted by atomic mass is 9.95. The first-order chi connectivity index (χ1) is 13.7. The summed E-state index contributed by atoms with van der Waals surface area (Å²) in [6.45, 7) is 5.81. The van der Waals surface area contributed by atoms with Crippen LogP contribution in [0.4, 0.5) is 5.82 Å². The molecule has 1 N–H and O–H groups in total. The minimum Gasteiger partial charge on any atom is -0.367 e. The standard InChI is InChI=1S/C21H29N5O2/c22-10-18-3-6-23-20(9-18)24-11-19-14-26(21(27)15-28-19)13-17-4-7-25(8-5-17)12-16-1-2-16/h3,6,9,16-17,19H,1-2,4-5,7-8,11-15H2,(H,23,24). The fourth-order valence-corrected chi connectivity index (χ4v) is 4.12. The number of anilines is 1. The first-order valence-electron chi connectivity index (χ1n) is 10.4. The molecule has 1 amide bonds. The van der Waals surface area contributed by atoms with Crippen LogP contribution in [-0.4, -0.2) is 72.7 Å². The van der Waals surface area contributed by atoms with E-state index in [0.717, 1.165) is 12.5 Å². The fourth-order valence-electron chi connectivity index (χ4n) is 4.12. The molecule has 0 spiro atoms. The van der Waals surface area contributed by atoms with Crippen molar-refractivity contribution >= 4 is 11.7 Å². The van der Waals surface area contributed by atoms with Gasteiger partial charge in [-0.2, -0.15) is 5.26 Å². The Bertz CT molecular complexity index is 722. The maximum atomic E-state index is 12.3. The van der Waals surface area contributed by atoms with Gasteiger partial charge in [0, 0.05) is 32.4 Å². The summed E-state index contributed by atoms with van der Waals surface area (Å²) in [6, 6.07) is 5.52. The minimum atomic E-state index is -0.0554. The van der Waals surface area contributed by atoms with Crippen molar-refractivity contribution < 1.29 is 9.53 Å². The summed E-state index contributed by atoms with van der Waals surface area (Å²) in [5, 5.41) is 12.2. The number of hydrogen-bond donors (Lipinski definition) is 1. The van der Waals surface area contributed by atoms with E-state index >= 15 is 0 Å². The highest BCUT2D eigenvalue weighted by atomic mass is 16.5. The Labute approximate surface area is 166 Å². The van der Waals surface area contributed by atoms with Crippen LogP contribution in [0, 0.1) is 23.2 Å². The number of ether oxygens (including phenoxy) is 1. The molecular formula is C21H29N5O2. The van der Waals surface area contributed by atoms with Crippen LogP contribution in [0.5, 0.6) is 0 Å². The lowest BCUT2D eigenvalue weighted by Crippen LogP contribution is -2.51. The van der Waals surface area contributed by atoms with E-state index in [1.165, 1.54) is 45.3 Å². The van der Waals surface area contributed by atoms with Crippen molar-refractivity contribution in [2.45, 2.75) is 31.8 Å². The number of nitriles is 1. The molecule has 2 saturated heterocycles. The van der Waals surface area contributed by atoms with Gasteiger partial charge in [-0.1, -0.05) is 0 Å². The molecule has 2 aliphatic heterocycles. The molecule has 7 heteroatoms. The van der Waals surface area contributed by atoms with Gasteiger partial charge in [0.2, 0.25) is 5.91 Å². The zero-order valence-corrected chi connectivity index (χ0v) is 16.3. The number of carbonyl (C=O) groups is 1. The molecule has 1 saturated carbocycles. The number of aromatic nitrogens is 1. The summed E-state index contributed by atoms with van der Waals surface area (Å²) < 4.78 is 5.70. The number of likely N-dealkylation sites (tertiary alicyclic amines) is 1. The van der Waals surface area contributed by atoms with E-state index in [1.54, 1.807) is 18.3 Å². The van der Waals surface area contributed by atoms with Gasteiger partial charge in [-0.25, -0.2) is 4.98 Å². The van der Waals surface area contributed by atoms with Gasteiger partial charge in [0.1, 0.15) is 12.4 Å². The minimum absolute atomic E-state index is 0.0554. The molecule has 28 heavy (non-hydrogen) atoms. The van der Waals surface area contributed by atoms with E-state index in [0.29, 0.717) is 30.4 Å². The maximum Gasteiger partial charge on any atom is 0.248 e. The summed E-state index contributed by atoms with van der Waals surface area (Å²) in [6.07, 6.45) is 6.76. The second-order valence-corrected chi connectivity index (χ2v) is 8.34. The SMILES string of the molecule is N#Cc1ccnc(NCC2CN(CC3CCN(CC4CC4)CC3)C(=O)CO2)c1. The smallest absolute Gasteiger partial charge is 0.248 e.